The monoisotopic (exact) mass is 420 g/mol. The number of aromatic nitrogens is 3. The Bertz CT molecular complexity index is 1300. The number of Topliss-reactive ketones (excluding diaryl/α,β-unsaturated/α-hetero) is 1. The highest BCUT2D eigenvalue weighted by Gasteiger charge is 2.49. The van der Waals surface area contributed by atoms with Crippen molar-refractivity contribution < 1.29 is 4.79 Å². The Hall–Kier alpha value is -3.65. The molecule has 32 heavy (non-hydrogen) atoms. The maximum Gasteiger partial charge on any atom is 0.226 e. The van der Waals surface area contributed by atoms with Crippen molar-refractivity contribution in [3.8, 4) is 22.6 Å². The quantitative estimate of drug-likeness (QED) is 0.524. The molecule has 2 aromatic heterocycles. The third-order valence-corrected chi connectivity index (χ3v) is 7.02. The van der Waals surface area contributed by atoms with Gasteiger partial charge in [-0.05, 0) is 37.8 Å². The first-order valence-electron chi connectivity index (χ1n) is 11.0. The van der Waals surface area contributed by atoms with Crippen LogP contribution >= 0.6 is 0 Å². The fourth-order valence-corrected chi connectivity index (χ4v) is 5.39. The minimum Gasteiger partial charge on any atom is -0.308 e. The third-order valence-electron chi connectivity index (χ3n) is 7.02. The summed E-state index contributed by atoms with van der Waals surface area (Å²) >= 11 is 0. The summed E-state index contributed by atoms with van der Waals surface area (Å²) in [5.74, 6) is 0.507. The van der Waals surface area contributed by atoms with Crippen molar-refractivity contribution in [1.82, 2.24) is 15.0 Å². The van der Waals surface area contributed by atoms with E-state index in [1.54, 1.807) is 6.20 Å². The molecule has 0 fully saturated rings. The van der Waals surface area contributed by atoms with E-state index in [4.69, 9.17) is 16.5 Å². The SMILES string of the molecule is [C-]#[N+]C1=C[C@@]2(C)c3nc(-c4ccnc(C)c4)nc(-c4ccccc4)c3CC[C@@H]2[C@@H](C)C1=O. The number of allylic oxidation sites excluding steroid dienone is 2. The summed E-state index contributed by atoms with van der Waals surface area (Å²) in [5.41, 5.74) is 5.59. The minimum atomic E-state index is -0.496. The molecule has 3 atom stereocenters. The Morgan fingerprint density at radius 3 is 2.62 bits per heavy atom. The van der Waals surface area contributed by atoms with Gasteiger partial charge in [0.25, 0.3) is 0 Å². The second-order valence-corrected chi connectivity index (χ2v) is 9.00. The fraction of sp³-hybridized carbons (Fsp3) is 0.296. The van der Waals surface area contributed by atoms with Crippen molar-refractivity contribution in [1.29, 1.82) is 0 Å². The molecule has 0 amide bonds. The smallest absolute Gasteiger partial charge is 0.226 e. The molecule has 0 aliphatic heterocycles. The zero-order valence-electron chi connectivity index (χ0n) is 18.5. The number of nitrogens with zero attached hydrogens (tertiary/aromatic N) is 4. The second kappa shape index (κ2) is 7.49. The molecule has 5 rings (SSSR count). The molecule has 0 spiro atoms. The Morgan fingerprint density at radius 1 is 1.12 bits per heavy atom. The van der Waals surface area contributed by atoms with Crippen molar-refractivity contribution in [2.75, 3.05) is 0 Å². The lowest BCUT2D eigenvalue weighted by molar-refractivity contribution is -0.121. The van der Waals surface area contributed by atoms with E-state index >= 15 is 0 Å². The van der Waals surface area contributed by atoms with E-state index in [0.29, 0.717) is 5.82 Å². The molecule has 0 unspecified atom stereocenters. The van der Waals surface area contributed by atoms with Gasteiger partial charge in [-0.2, -0.15) is 0 Å². The predicted molar refractivity (Wildman–Crippen MR) is 123 cm³/mol. The number of aryl methyl sites for hydroxylation is 1. The molecule has 0 N–H and O–H groups in total. The van der Waals surface area contributed by atoms with Crippen LogP contribution in [-0.4, -0.2) is 20.7 Å². The van der Waals surface area contributed by atoms with E-state index in [1.165, 1.54) is 0 Å². The zero-order chi connectivity index (χ0) is 22.5. The molecular formula is C27H24N4O. The maximum absolute atomic E-state index is 12.8. The number of benzene rings is 1. The molecule has 0 saturated heterocycles. The third kappa shape index (κ3) is 3.06. The van der Waals surface area contributed by atoms with Crippen molar-refractivity contribution in [3.63, 3.8) is 0 Å². The van der Waals surface area contributed by atoms with Gasteiger partial charge in [0, 0.05) is 39.9 Å². The number of carbonyl (C=O) groups is 1. The summed E-state index contributed by atoms with van der Waals surface area (Å²) < 4.78 is 0. The molecule has 5 nitrogen and oxygen atoms in total. The van der Waals surface area contributed by atoms with E-state index in [-0.39, 0.29) is 23.3 Å². The van der Waals surface area contributed by atoms with Gasteiger partial charge < -0.3 is 4.79 Å². The van der Waals surface area contributed by atoms with E-state index in [2.05, 4.69) is 28.9 Å². The van der Waals surface area contributed by atoms with Gasteiger partial charge in [-0.15, -0.1) is 0 Å². The van der Waals surface area contributed by atoms with E-state index < -0.39 is 5.41 Å². The van der Waals surface area contributed by atoms with Gasteiger partial charge >= 0.3 is 0 Å². The molecule has 0 bridgehead atoms. The predicted octanol–water partition coefficient (Wildman–Crippen LogP) is 5.36. The van der Waals surface area contributed by atoms with Gasteiger partial charge in [0.1, 0.15) is 0 Å². The largest absolute Gasteiger partial charge is 0.308 e. The normalized spacial score (nSPS) is 24.2. The lowest BCUT2D eigenvalue weighted by Crippen LogP contribution is -2.46. The van der Waals surface area contributed by atoms with Crippen molar-refractivity contribution in [2.24, 2.45) is 11.8 Å². The van der Waals surface area contributed by atoms with Gasteiger partial charge in [-0.3, -0.25) is 4.98 Å². The van der Waals surface area contributed by atoms with Crippen LogP contribution in [0.2, 0.25) is 0 Å². The lowest BCUT2D eigenvalue weighted by Gasteiger charge is -2.46. The summed E-state index contributed by atoms with van der Waals surface area (Å²) in [6, 6.07) is 14.1. The Kier molecular flexibility index (Phi) is 4.74. The topological polar surface area (TPSA) is 60.1 Å². The lowest BCUT2D eigenvalue weighted by atomic mass is 9.58. The molecule has 1 aromatic carbocycles. The highest BCUT2D eigenvalue weighted by Crippen LogP contribution is 2.51. The molecule has 2 aliphatic rings. The first-order chi connectivity index (χ1) is 15.4. The van der Waals surface area contributed by atoms with Crippen LogP contribution in [-0.2, 0) is 16.6 Å². The number of hydrogen-bond acceptors (Lipinski definition) is 4. The Balaban J connectivity index is 1.82. The van der Waals surface area contributed by atoms with E-state index in [1.807, 2.05) is 50.3 Å². The molecule has 0 radical (unpaired) electrons. The van der Waals surface area contributed by atoms with Crippen molar-refractivity contribution >= 4 is 5.78 Å². The van der Waals surface area contributed by atoms with Crippen LogP contribution in [0, 0.1) is 25.3 Å². The van der Waals surface area contributed by atoms with Crippen LogP contribution in [0.3, 0.4) is 0 Å². The van der Waals surface area contributed by atoms with E-state index in [9.17, 15) is 4.79 Å². The Morgan fingerprint density at radius 2 is 1.91 bits per heavy atom. The summed E-state index contributed by atoms with van der Waals surface area (Å²) in [7, 11) is 0. The molecule has 5 heteroatoms. The average Bonchev–Trinajstić information content (AvgIpc) is 2.81. The average molecular weight is 421 g/mol. The first-order valence-corrected chi connectivity index (χ1v) is 11.0. The molecule has 158 valence electrons. The van der Waals surface area contributed by atoms with Crippen LogP contribution in [0.1, 0.15) is 37.2 Å². The number of pyridine rings is 1. The summed E-state index contributed by atoms with van der Waals surface area (Å²) in [5, 5.41) is 0. The van der Waals surface area contributed by atoms with Crippen LogP contribution < -0.4 is 0 Å². The number of carbonyl (C=O) groups excluding carboxylic acids is 1. The number of fused-ring (bicyclic) bond motifs is 3. The van der Waals surface area contributed by atoms with Gasteiger partial charge in [0.15, 0.2) is 11.6 Å². The Labute approximate surface area is 188 Å². The number of hydrogen-bond donors (Lipinski definition) is 0. The van der Waals surface area contributed by atoms with Gasteiger partial charge in [0.05, 0.1) is 18.0 Å². The van der Waals surface area contributed by atoms with Crippen LogP contribution in [0.5, 0.6) is 0 Å². The summed E-state index contributed by atoms with van der Waals surface area (Å²) in [6.45, 7) is 13.6. The summed E-state index contributed by atoms with van der Waals surface area (Å²) in [6.07, 6.45) is 5.33. The van der Waals surface area contributed by atoms with Crippen LogP contribution in [0.15, 0.2) is 60.4 Å². The molecule has 0 saturated carbocycles. The van der Waals surface area contributed by atoms with Crippen LogP contribution in [0.4, 0.5) is 0 Å². The molecular weight excluding hydrogens is 396 g/mol. The second-order valence-electron chi connectivity index (χ2n) is 9.00. The van der Waals surface area contributed by atoms with Gasteiger partial charge in [0.2, 0.25) is 5.70 Å². The molecule has 2 heterocycles. The minimum absolute atomic E-state index is 0.0479. The first kappa shape index (κ1) is 20.3. The van der Waals surface area contributed by atoms with Crippen molar-refractivity contribution in [2.45, 2.75) is 39.0 Å². The number of rotatable bonds is 2. The summed E-state index contributed by atoms with van der Waals surface area (Å²) in [4.78, 5) is 30.8. The fourth-order valence-electron chi connectivity index (χ4n) is 5.39. The standard InChI is InChI=1S/C27H24N4O/c1-16-14-19(12-13-29-16)26-30-23(18-8-6-5-7-9-18)20-10-11-21-17(2)24(32)22(28-4)15-27(21,3)25(20)31-26/h5-9,12-15,17,21H,10-11H2,1-3H3/t17-,21-,27-/m1/s1. The molecule has 3 aromatic rings. The van der Waals surface area contributed by atoms with Crippen molar-refractivity contribution in [3.05, 3.63) is 88.8 Å². The van der Waals surface area contributed by atoms with Gasteiger partial charge in [-0.25, -0.2) is 14.8 Å². The van der Waals surface area contributed by atoms with E-state index in [0.717, 1.165) is 46.6 Å². The highest BCUT2D eigenvalue weighted by molar-refractivity contribution is 6.00. The molecule has 2 aliphatic carbocycles. The van der Waals surface area contributed by atoms with Crippen LogP contribution in [0.25, 0.3) is 27.5 Å². The maximum atomic E-state index is 12.8. The van der Waals surface area contributed by atoms with Gasteiger partial charge in [-0.1, -0.05) is 50.3 Å². The number of ketones is 1. The zero-order valence-corrected chi connectivity index (χ0v) is 18.5. The highest BCUT2D eigenvalue weighted by atomic mass is 16.1.